The van der Waals surface area contributed by atoms with Crippen LogP contribution in [0.1, 0.15) is 64.3 Å². The first-order chi connectivity index (χ1) is 52.6. The maximum Gasteiger partial charge on any atom is 0.316 e. The van der Waals surface area contributed by atoms with Crippen molar-refractivity contribution in [2.75, 3.05) is 62.9 Å². The minimum atomic E-state index is -1.50. The molecular weight excluding hydrogens is 1410 g/mol. The number of aryl methyl sites for hydroxylation is 4. The van der Waals surface area contributed by atoms with E-state index in [1.54, 1.807) is 92.6 Å². The molecule has 11 heterocycles. The third-order valence-corrected chi connectivity index (χ3v) is 17.2. The highest BCUT2D eigenvalue weighted by Crippen LogP contribution is 2.25. The number of amides is 1. The van der Waals surface area contributed by atoms with Crippen LogP contribution in [0.4, 0.5) is 29.5 Å². The quantitative estimate of drug-likeness (QED) is 0.0694. The summed E-state index contributed by atoms with van der Waals surface area (Å²) in [4.78, 5) is 95.1. The lowest BCUT2D eigenvalue weighted by Gasteiger charge is -2.32. The van der Waals surface area contributed by atoms with Gasteiger partial charge < -0.3 is 23.8 Å². The fraction of sp³-hybridized carbons (Fsp3) is 0.269. The van der Waals surface area contributed by atoms with Crippen LogP contribution in [-0.4, -0.2) is 143 Å². The van der Waals surface area contributed by atoms with E-state index in [0.717, 1.165) is 59.3 Å². The molecule has 3 saturated heterocycles. The molecule has 3 aliphatic heterocycles. The first-order valence-corrected chi connectivity index (χ1v) is 34.7. The molecule has 0 saturated carbocycles. The van der Waals surface area contributed by atoms with Crippen LogP contribution in [0.2, 0.25) is 0 Å². The Hall–Kier alpha value is -12.8. The number of hydrogen-bond donors (Lipinski definition) is 1. The molecule has 12 aromatic rings. The van der Waals surface area contributed by atoms with E-state index in [2.05, 4.69) is 70.5 Å². The van der Waals surface area contributed by atoms with E-state index in [0.29, 0.717) is 94.4 Å². The molecule has 15 rings (SSSR count). The fourth-order valence-corrected chi connectivity index (χ4v) is 11.0. The predicted octanol–water partition coefficient (Wildman–Crippen LogP) is 9.35. The summed E-state index contributed by atoms with van der Waals surface area (Å²) in [5.41, 5.74) is 7.84. The van der Waals surface area contributed by atoms with Crippen molar-refractivity contribution in [1.82, 2.24) is 79.0 Å². The van der Waals surface area contributed by atoms with Gasteiger partial charge in [-0.3, -0.25) is 29.3 Å². The lowest BCUT2D eigenvalue weighted by Crippen LogP contribution is -2.50. The molecule has 3 aliphatic rings. The smallest absolute Gasteiger partial charge is 0.316 e. The largest absolute Gasteiger partial charge is 0.463 e. The van der Waals surface area contributed by atoms with Gasteiger partial charge in [-0.05, 0) is 105 Å². The summed E-state index contributed by atoms with van der Waals surface area (Å²) in [6.45, 7) is 13.0. The summed E-state index contributed by atoms with van der Waals surface area (Å²) < 4.78 is 82.0. The first-order valence-electron chi connectivity index (χ1n) is 34.7. The molecule has 4 aromatic carbocycles. The normalized spacial score (nSPS) is 13.4. The Kier molecular flexibility index (Phi) is 24.4. The number of nitrogens with one attached hydrogen (secondary N) is 1. The second-order valence-corrected chi connectivity index (χ2v) is 26.2. The lowest BCUT2D eigenvalue weighted by atomic mass is 10.1. The second-order valence-electron chi connectivity index (χ2n) is 26.2. The molecule has 1 amide bonds. The van der Waals surface area contributed by atoms with Crippen LogP contribution in [0.3, 0.4) is 0 Å². The maximum atomic E-state index is 14.1. The van der Waals surface area contributed by atoms with E-state index >= 15 is 0 Å². The molecule has 8 aromatic heterocycles. The van der Waals surface area contributed by atoms with Gasteiger partial charge in [0.05, 0.1) is 82.0 Å². The molecule has 0 radical (unpaired) electrons. The van der Waals surface area contributed by atoms with Crippen LogP contribution in [0.25, 0.3) is 45.0 Å². The molecule has 0 atom stereocenters. The summed E-state index contributed by atoms with van der Waals surface area (Å²) in [5.74, 6) is -0.00615. The average Bonchev–Trinajstić information content (AvgIpc) is 1.01. The van der Waals surface area contributed by atoms with Crippen LogP contribution < -0.4 is 41.9 Å². The highest BCUT2D eigenvalue weighted by atomic mass is 19.1. The third kappa shape index (κ3) is 20.6. The van der Waals surface area contributed by atoms with E-state index in [-0.39, 0.29) is 97.2 Å². The molecule has 558 valence electrons. The Morgan fingerprint density at radius 2 is 0.835 bits per heavy atom. The molecule has 0 unspecified atom stereocenters. The first kappa shape index (κ1) is 75.9. The lowest BCUT2D eigenvalue weighted by molar-refractivity contribution is -0.147. The zero-order valence-electron chi connectivity index (χ0n) is 60.0. The van der Waals surface area contributed by atoms with Crippen molar-refractivity contribution in [3.63, 3.8) is 0 Å². The number of ether oxygens (including phenoxy) is 4. The summed E-state index contributed by atoms with van der Waals surface area (Å²) in [6.07, 6.45) is 15.0. The van der Waals surface area contributed by atoms with Gasteiger partial charge in [-0.25, -0.2) is 76.2 Å². The van der Waals surface area contributed by atoms with Gasteiger partial charge in [0.1, 0.15) is 24.1 Å². The molecule has 109 heavy (non-hydrogen) atoms. The van der Waals surface area contributed by atoms with Crippen LogP contribution in [-0.2, 0) is 40.4 Å². The topological polar surface area (TPSA) is 312 Å². The summed E-state index contributed by atoms with van der Waals surface area (Å²) in [7, 11) is 0. The van der Waals surface area contributed by atoms with Gasteiger partial charge in [0.15, 0.2) is 5.67 Å². The van der Waals surface area contributed by atoms with E-state index in [1.165, 1.54) is 86.6 Å². The Morgan fingerprint density at radius 1 is 0.468 bits per heavy atom. The van der Waals surface area contributed by atoms with E-state index in [9.17, 15) is 41.5 Å². The number of halogens is 4. The third-order valence-electron chi connectivity index (χ3n) is 17.2. The highest BCUT2D eigenvalue weighted by molar-refractivity contribution is 5.86. The Labute approximate surface area is 621 Å². The molecule has 0 spiro atoms. The van der Waals surface area contributed by atoms with Crippen LogP contribution in [0.15, 0.2) is 196 Å². The Morgan fingerprint density at radius 3 is 1.19 bits per heavy atom. The maximum absolute atomic E-state index is 14.1. The van der Waals surface area contributed by atoms with Gasteiger partial charge in [-0.15, -0.1) is 0 Å². The standard InChI is InChI=1S/C20H18F2N4O3.C20H20FN5O.C20H19FN4O3.C18H17N5O2/c1-13-2-3-14(16(21)6-13)9-26-18(27)5-4-17(25-26)15-7-23-19(24-8-15)29-12-20(22)10-28-11-20;1-14-4-5-15(17(21)10-14)13-26-19(27)7-6-18(24-26)16-11-22-20(23-12-16)25-8-2-3-9-25;1-13-2-3-15(17(21)6-13)9-25-19(26)5-4-18(24-25)16-7-22-20(23-8-16)28-12-14-10-27-11-14;1-12-3-5-14(6-4-12)11-23-17(25)8-7-16(22-23)15-9-19-18(20-10-15)21-13(2)24/h2-8H,9-12H2,1H3;4-7,10-12H,2-3,8-9,13H2,1H3;2-8,14H,9-12H2,1H3;3-10H,11H2,1-2H3,(H,19,20,21,24). The number of benzene rings is 4. The summed E-state index contributed by atoms with van der Waals surface area (Å²) in [5, 5.41) is 19.9. The zero-order chi connectivity index (χ0) is 76.6. The number of carbonyl (C=O) groups is 1. The minimum Gasteiger partial charge on any atom is -0.463 e. The summed E-state index contributed by atoms with van der Waals surface area (Å²) >= 11 is 0. The predicted molar refractivity (Wildman–Crippen MR) is 395 cm³/mol. The van der Waals surface area contributed by atoms with Crippen LogP contribution in [0.5, 0.6) is 12.0 Å². The van der Waals surface area contributed by atoms with Crippen LogP contribution >= 0.6 is 0 Å². The molecule has 0 aliphatic carbocycles. The van der Waals surface area contributed by atoms with Gasteiger partial charge in [0.25, 0.3) is 22.2 Å². The number of hydrogen-bond acceptors (Lipinski definition) is 22. The van der Waals surface area contributed by atoms with Gasteiger partial charge in [0, 0.05) is 139 Å². The van der Waals surface area contributed by atoms with Gasteiger partial charge >= 0.3 is 12.0 Å². The Bertz CT molecular complexity index is 5410. The Balaban J connectivity index is 0.000000136. The molecule has 27 nitrogen and oxygen atoms in total. The number of anilines is 2. The number of carbonyl (C=O) groups excluding carboxylic acids is 1. The van der Waals surface area contributed by atoms with E-state index < -0.39 is 11.5 Å². The van der Waals surface area contributed by atoms with Gasteiger partial charge in [-0.1, -0.05) is 66.2 Å². The molecule has 0 bridgehead atoms. The van der Waals surface area contributed by atoms with Gasteiger partial charge in [-0.2, -0.15) is 20.4 Å². The fourth-order valence-electron chi connectivity index (χ4n) is 11.0. The molecule has 1 N–H and O–H groups in total. The SMILES string of the molecule is CC(=O)Nc1ncc(-c2ccc(=O)n(Cc3ccc(C)cc3)n2)cn1.Cc1ccc(Cn2nc(-c3cnc(N4CCCC4)nc3)ccc2=O)c(F)c1.Cc1ccc(Cn2nc(-c3cnc(OCC4(F)COC4)nc3)ccc2=O)c(F)c1.Cc1ccc(Cn2nc(-c3cnc(OCC4COC4)nc3)ccc2=O)c(F)c1. The van der Waals surface area contributed by atoms with Crippen molar-refractivity contribution in [3.8, 4) is 57.1 Å². The van der Waals surface area contributed by atoms with Crippen molar-refractivity contribution in [2.45, 2.75) is 79.3 Å². The monoisotopic (exact) mass is 1480 g/mol. The number of rotatable bonds is 20. The molecular formula is C78H74F4N18O9. The van der Waals surface area contributed by atoms with Crippen LogP contribution in [0, 0.1) is 51.1 Å². The van der Waals surface area contributed by atoms with Crippen molar-refractivity contribution in [3.05, 3.63) is 280 Å². The number of nitrogens with zero attached hydrogens (tertiary/aromatic N) is 17. The highest BCUT2D eigenvalue weighted by Gasteiger charge is 2.40. The second kappa shape index (κ2) is 35.1. The van der Waals surface area contributed by atoms with E-state index in [1.807, 2.05) is 51.1 Å². The number of aromatic nitrogens is 16. The van der Waals surface area contributed by atoms with Crippen molar-refractivity contribution >= 4 is 17.8 Å². The van der Waals surface area contributed by atoms with E-state index in [4.69, 9.17) is 18.9 Å². The van der Waals surface area contributed by atoms with Gasteiger partial charge in [0.2, 0.25) is 17.8 Å². The molecule has 3 fully saturated rings. The zero-order valence-corrected chi connectivity index (χ0v) is 60.0. The average molecular weight is 1480 g/mol. The van der Waals surface area contributed by atoms with Crippen molar-refractivity contribution in [1.29, 1.82) is 0 Å². The molecule has 31 heteroatoms. The summed E-state index contributed by atoms with van der Waals surface area (Å²) in [6, 6.07) is 35.0. The number of alkyl halides is 1. The van der Waals surface area contributed by atoms with Crippen molar-refractivity contribution in [2.24, 2.45) is 5.92 Å². The minimum absolute atomic E-state index is 0.00148. The van der Waals surface area contributed by atoms with Crippen molar-refractivity contribution < 1.29 is 41.3 Å².